The second-order valence-corrected chi connectivity index (χ2v) is 5.82. The van der Waals surface area contributed by atoms with E-state index < -0.39 is 0 Å². The van der Waals surface area contributed by atoms with Crippen molar-refractivity contribution in [2.45, 2.75) is 44.6 Å². The lowest BCUT2D eigenvalue weighted by atomic mass is 9.88. The lowest BCUT2D eigenvalue weighted by Crippen LogP contribution is -2.23. The molecule has 2 atom stereocenters. The van der Waals surface area contributed by atoms with Crippen LogP contribution in [0, 0.1) is 11.8 Å². The van der Waals surface area contributed by atoms with Gasteiger partial charge in [0.2, 0.25) is 0 Å². The van der Waals surface area contributed by atoms with Gasteiger partial charge in [-0.15, -0.1) is 0 Å². The third-order valence-electron chi connectivity index (χ3n) is 4.77. The average Bonchev–Trinajstić information content (AvgIpc) is 2.96. The van der Waals surface area contributed by atoms with Crippen molar-refractivity contribution in [3.05, 3.63) is 35.4 Å². The summed E-state index contributed by atoms with van der Waals surface area (Å²) in [6.07, 6.45) is 8.61. The number of rotatable bonds is 3. The first-order valence-corrected chi connectivity index (χ1v) is 7.13. The molecule has 1 N–H and O–H groups in total. The zero-order valence-corrected chi connectivity index (χ0v) is 10.8. The van der Waals surface area contributed by atoms with Gasteiger partial charge in [-0.3, -0.25) is 0 Å². The monoisotopic (exact) mass is 229 g/mol. The number of hydrogen-bond acceptors (Lipinski definition) is 1. The molecule has 2 aliphatic rings. The zero-order valence-electron chi connectivity index (χ0n) is 10.8. The van der Waals surface area contributed by atoms with Crippen LogP contribution in [0.1, 0.15) is 49.3 Å². The Morgan fingerprint density at radius 1 is 1.18 bits per heavy atom. The van der Waals surface area contributed by atoms with Crippen LogP contribution < -0.4 is 5.32 Å². The molecule has 2 aliphatic carbocycles. The van der Waals surface area contributed by atoms with E-state index in [1.807, 2.05) is 0 Å². The predicted octanol–water partition coefficient (Wildman–Crippen LogP) is 3.70. The van der Waals surface area contributed by atoms with E-state index in [0.29, 0.717) is 6.04 Å². The highest BCUT2D eigenvalue weighted by atomic mass is 14.9. The molecule has 0 aromatic heterocycles. The van der Waals surface area contributed by atoms with E-state index in [9.17, 15) is 0 Å². The van der Waals surface area contributed by atoms with Crippen LogP contribution in [0.4, 0.5) is 0 Å². The Balaban J connectivity index is 1.74. The van der Waals surface area contributed by atoms with Crippen LogP contribution in [0.2, 0.25) is 0 Å². The molecular weight excluding hydrogens is 206 g/mol. The minimum Gasteiger partial charge on any atom is -0.313 e. The van der Waals surface area contributed by atoms with E-state index >= 15 is 0 Å². The van der Waals surface area contributed by atoms with Gasteiger partial charge in [-0.2, -0.15) is 0 Å². The first-order valence-electron chi connectivity index (χ1n) is 7.13. The molecular formula is C16H23N. The second kappa shape index (κ2) is 4.81. The Morgan fingerprint density at radius 2 is 1.94 bits per heavy atom. The van der Waals surface area contributed by atoms with E-state index in [-0.39, 0.29) is 0 Å². The van der Waals surface area contributed by atoms with Crippen molar-refractivity contribution in [1.82, 2.24) is 5.32 Å². The molecule has 17 heavy (non-hydrogen) atoms. The van der Waals surface area contributed by atoms with Gasteiger partial charge in [-0.25, -0.2) is 0 Å². The van der Waals surface area contributed by atoms with E-state index in [4.69, 9.17) is 0 Å². The van der Waals surface area contributed by atoms with Crippen molar-refractivity contribution >= 4 is 0 Å². The van der Waals surface area contributed by atoms with Gasteiger partial charge in [0.05, 0.1) is 0 Å². The summed E-state index contributed by atoms with van der Waals surface area (Å²) < 4.78 is 0. The fraction of sp³-hybridized carbons (Fsp3) is 0.625. The fourth-order valence-corrected chi connectivity index (χ4v) is 3.96. The standard InChI is InChI=1S/C16H23N/c1-17-16-14(10-12-6-2-3-7-12)11-13-8-4-5-9-15(13)16/h4-5,8-9,12,14,16-17H,2-3,6-7,10-11H2,1H3. The second-order valence-electron chi connectivity index (χ2n) is 5.82. The fourth-order valence-electron chi connectivity index (χ4n) is 3.96. The van der Waals surface area contributed by atoms with Gasteiger partial charge in [-0.1, -0.05) is 49.9 Å². The molecule has 0 bridgehead atoms. The Morgan fingerprint density at radius 3 is 2.71 bits per heavy atom. The van der Waals surface area contributed by atoms with Gasteiger partial charge < -0.3 is 5.32 Å². The molecule has 0 amide bonds. The molecule has 0 spiro atoms. The van der Waals surface area contributed by atoms with Gasteiger partial charge in [0.1, 0.15) is 0 Å². The third-order valence-corrected chi connectivity index (χ3v) is 4.77. The van der Waals surface area contributed by atoms with Crippen LogP contribution in [0.3, 0.4) is 0 Å². The van der Waals surface area contributed by atoms with Gasteiger partial charge >= 0.3 is 0 Å². The average molecular weight is 229 g/mol. The maximum atomic E-state index is 3.54. The highest BCUT2D eigenvalue weighted by Crippen LogP contribution is 2.42. The predicted molar refractivity (Wildman–Crippen MR) is 72.0 cm³/mol. The van der Waals surface area contributed by atoms with Crippen molar-refractivity contribution in [1.29, 1.82) is 0 Å². The third kappa shape index (κ3) is 2.13. The highest BCUT2D eigenvalue weighted by Gasteiger charge is 2.33. The molecule has 1 fully saturated rings. The number of fused-ring (bicyclic) bond motifs is 1. The number of nitrogens with one attached hydrogen (secondary N) is 1. The molecule has 1 nitrogen and oxygen atoms in total. The first-order chi connectivity index (χ1) is 8.38. The van der Waals surface area contributed by atoms with E-state index in [1.165, 1.54) is 38.5 Å². The van der Waals surface area contributed by atoms with E-state index in [2.05, 4.69) is 36.6 Å². The summed E-state index contributed by atoms with van der Waals surface area (Å²) in [5, 5.41) is 3.54. The Labute approximate surface area is 105 Å². The number of hydrogen-bond donors (Lipinski definition) is 1. The Kier molecular flexibility index (Phi) is 3.19. The van der Waals surface area contributed by atoms with E-state index in [1.54, 1.807) is 11.1 Å². The topological polar surface area (TPSA) is 12.0 Å². The van der Waals surface area contributed by atoms with E-state index in [0.717, 1.165) is 11.8 Å². The smallest absolute Gasteiger partial charge is 0.0352 e. The maximum absolute atomic E-state index is 3.54. The van der Waals surface area contributed by atoms with Crippen LogP contribution in [0.15, 0.2) is 24.3 Å². The number of benzene rings is 1. The van der Waals surface area contributed by atoms with Crippen LogP contribution in [-0.2, 0) is 6.42 Å². The van der Waals surface area contributed by atoms with Crippen LogP contribution in [0.25, 0.3) is 0 Å². The molecule has 2 unspecified atom stereocenters. The van der Waals surface area contributed by atoms with Crippen molar-refractivity contribution < 1.29 is 0 Å². The van der Waals surface area contributed by atoms with Crippen LogP contribution in [0.5, 0.6) is 0 Å². The lowest BCUT2D eigenvalue weighted by Gasteiger charge is -2.22. The molecule has 3 rings (SSSR count). The van der Waals surface area contributed by atoms with Gasteiger partial charge in [0, 0.05) is 6.04 Å². The molecule has 0 radical (unpaired) electrons. The maximum Gasteiger partial charge on any atom is 0.0352 e. The molecule has 1 heteroatoms. The minimum absolute atomic E-state index is 0.604. The molecule has 1 aromatic carbocycles. The van der Waals surface area contributed by atoms with Crippen molar-refractivity contribution in [2.75, 3.05) is 7.05 Å². The molecule has 0 saturated heterocycles. The molecule has 1 saturated carbocycles. The summed E-state index contributed by atoms with van der Waals surface area (Å²) in [5.74, 6) is 1.84. The van der Waals surface area contributed by atoms with Gasteiger partial charge in [-0.05, 0) is 42.9 Å². The zero-order chi connectivity index (χ0) is 11.7. The summed E-state index contributed by atoms with van der Waals surface area (Å²) in [4.78, 5) is 0. The molecule has 1 aromatic rings. The minimum atomic E-state index is 0.604. The van der Waals surface area contributed by atoms with Gasteiger partial charge in [0.25, 0.3) is 0 Å². The Hall–Kier alpha value is -0.820. The van der Waals surface area contributed by atoms with Gasteiger partial charge in [0.15, 0.2) is 0 Å². The van der Waals surface area contributed by atoms with Crippen LogP contribution >= 0.6 is 0 Å². The molecule has 92 valence electrons. The quantitative estimate of drug-likeness (QED) is 0.833. The summed E-state index contributed by atoms with van der Waals surface area (Å²) in [6.45, 7) is 0. The first kappa shape index (κ1) is 11.3. The van der Waals surface area contributed by atoms with Crippen LogP contribution in [-0.4, -0.2) is 7.05 Å². The van der Waals surface area contributed by atoms with Crippen molar-refractivity contribution in [3.8, 4) is 0 Å². The largest absolute Gasteiger partial charge is 0.313 e. The summed E-state index contributed by atoms with van der Waals surface area (Å²) >= 11 is 0. The molecule has 0 heterocycles. The summed E-state index contributed by atoms with van der Waals surface area (Å²) in [7, 11) is 2.12. The highest BCUT2D eigenvalue weighted by molar-refractivity contribution is 5.35. The lowest BCUT2D eigenvalue weighted by molar-refractivity contribution is 0.320. The summed E-state index contributed by atoms with van der Waals surface area (Å²) in [6, 6.07) is 9.59. The Bertz CT molecular complexity index is 379. The van der Waals surface area contributed by atoms with Crippen molar-refractivity contribution in [3.63, 3.8) is 0 Å². The van der Waals surface area contributed by atoms with Crippen molar-refractivity contribution in [2.24, 2.45) is 11.8 Å². The summed E-state index contributed by atoms with van der Waals surface area (Å²) in [5.41, 5.74) is 3.13. The SMILES string of the molecule is CNC1c2ccccc2CC1CC1CCCC1. The molecule has 0 aliphatic heterocycles. The normalized spacial score (nSPS) is 28.5.